The summed E-state index contributed by atoms with van der Waals surface area (Å²) in [5.41, 5.74) is 4.70. The van der Waals surface area contributed by atoms with Crippen LogP contribution in [-0.2, 0) is 44.7 Å². The third-order valence-corrected chi connectivity index (χ3v) is 14.7. The number of aliphatic hydroxyl groups is 1. The van der Waals surface area contributed by atoms with Crippen LogP contribution >= 0.6 is 0 Å². The normalized spacial score (nSPS) is 15.1. The number of aromatic nitrogens is 1. The number of pyridine rings is 1. The van der Waals surface area contributed by atoms with Crippen LogP contribution in [0.2, 0.25) is 0 Å². The Hall–Kier alpha value is -6.71. The fraction of sp³-hybridized carbons (Fsp3) is 0.321. The van der Waals surface area contributed by atoms with Gasteiger partial charge in [-0.25, -0.2) is 13.2 Å². The van der Waals surface area contributed by atoms with E-state index in [1.54, 1.807) is 9.80 Å². The fourth-order valence-electron chi connectivity index (χ4n) is 9.16. The number of urea groups is 1. The van der Waals surface area contributed by atoms with Crippen molar-refractivity contribution in [3.8, 4) is 0 Å². The first-order chi connectivity index (χ1) is 33.8. The van der Waals surface area contributed by atoms with E-state index in [0.717, 1.165) is 22.3 Å². The Kier molecular flexibility index (Phi) is 17.3. The Morgan fingerprint density at radius 1 is 0.786 bits per heavy atom. The predicted molar refractivity (Wildman–Crippen MR) is 271 cm³/mol. The van der Waals surface area contributed by atoms with Gasteiger partial charge in [0.15, 0.2) is 0 Å². The zero-order chi connectivity index (χ0) is 49.7. The molecule has 70 heavy (non-hydrogen) atoms. The van der Waals surface area contributed by atoms with Crippen LogP contribution in [0.1, 0.15) is 73.3 Å². The van der Waals surface area contributed by atoms with Crippen LogP contribution in [0.5, 0.6) is 0 Å². The molecule has 1 fully saturated rings. The van der Waals surface area contributed by atoms with Gasteiger partial charge < -0.3 is 30.2 Å². The summed E-state index contributed by atoms with van der Waals surface area (Å²) < 4.78 is 36.5. The second kappa shape index (κ2) is 23.7. The first-order valence-corrected chi connectivity index (χ1v) is 25.4. The molecule has 1 aliphatic rings. The number of amides is 3. The summed E-state index contributed by atoms with van der Waals surface area (Å²) >= 11 is 0. The van der Waals surface area contributed by atoms with Gasteiger partial charge in [-0.2, -0.15) is 4.31 Å². The Labute approximate surface area is 412 Å². The highest BCUT2D eigenvalue weighted by Crippen LogP contribution is 2.41. The second-order valence-electron chi connectivity index (χ2n) is 18.3. The van der Waals surface area contributed by atoms with Crippen molar-refractivity contribution in [2.75, 3.05) is 26.2 Å². The molecule has 3 amide bonds. The third kappa shape index (κ3) is 12.2. The number of nitrogens with one attached hydrogen (secondary N) is 1. The lowest BCUT2D eigenvalue weighted by atomic mass is 9.80. The molecule has 14 heteroatoms. The molecule has 7 rings (SSSR count). The molecule has 3 N–H and O–H groups in total. The van der Waals surface area contributed by atoms with Gasteiger partial charge in [0, 0.05) is 26.2 Å². The van der Waals surface area contributed by atoms with Crippen molar-refractivity contribution in [3.05, 3.63) is 203 Å². The maximum atomic E-state index is 14.7. The number of hydrogen-bond acceptors (Lipinski definition) is 9. The number of ether oxygens (including phenoxy) is 1. The summed E-state index contributed by atoms with van der Waals surface area (Å²) in [5.74, 6) is -0.777. The van der Waals surface area contributed by atoms with E-state index >= 15 is 0 Å². The van der Waals surface area contributed by atoms with Crippen molar-refractivity contribution in [1.29, 1.82) is 0 Å². The first-order valence-electron chi connectivity index (χ1n) is 23.9. The summed E-state index contributed by atoms with van der Waals surface area (Å²) in [6.07, 6.45) is 0.672. The number of sulfonamides is 1. The van der Waals surface area contributed by atoms with E-state index in [0.29, 0.717) is 36.5 Å². The van der Waals surface area contributed by atoms with Crippen LogP contribution in [0.15, 0.2) is 174 Å². The smallest absolute Gasteiger partial charge is 0.321 e. The highest BCUT2D eigenvalue weighted by molar-refractivity contribution is 7.89. The van der Waals surface area contributed by atoms with Crippen molar-refractivity contribution in [1.82, 2.24) is 24.4 Å². The van der Waals surface area contributed by atoms with E-state index in [-0.39, 0.29) is 55.4 Å². The van der Waals surface area contributed by atoms with E-state index < -0.39 is 39.7 Å². The number of carbonyl (C=O) groups is 2. The predicted octanol–water partition coefficient (Wildman–Crippen LogP) is 8.49. The quantitative estimate of drug-likeness (QED) is 0.0249. The van der Waals surface area contributed by atoms with E-state index in [4.69, 9.17) is 14.9 Å². The van der Waals surface area contributed by atoms with Crippen LogP contribution in [-0.4, -0.2) is 100 Å². The monoisotopic (exact) mass is 964 g/mol. The Morgan fingerprint density at radius 2 is 1.34 bits per heavy atom. The molecule has 5 aromatic carbocycles. The Morgan fingerprint density at radius 3 is 1.89 bits per heavy atom. The van der Waals surface area contributed by atoms with Crippen molar-refractivity contribution >= 4 is 28.2 Å². The van der Waals surface area contributed by atoms with Crippen molar-refractivity contribution in [2.24, 2.45) is 17.0 Å². The van der Waals surface area contributed by atoms with E-state index in [1.165, 1.54) is 34.8 Å². The SMILES string of the molecule is CCC(C)C(C(=O)N[C@@H](Cc1ccccc1)[C@H](O)CN(CC(C)C)S(=O)(=O)c1ccc(/C=N/O)cc1)N1CCN(Cc2cccc(COC(c3ccccc3)(c3ccccc3)c3ccccc3)n2)C1=O. The van der Waals surface area contributed by atoms with Gasteiger partial charge in [-0.1, -0.05) is 179 Å². The second-order valence-corrected chi connectivity index (χ2v) is 20.3. The van der Waals surface area contributed by atoms with Crippen LogP contribution in [0.25, 0.3) is 0 Å². The molecule has 0 saturated carbocycles. The maximum absolute atomic E-state index is 14.7. The van der Waals surface area contributed by atoms with Crippen LogP contribution in [0.4, 0.5) is 4.79 Å². The summed E-state index contributed by atoms with van der Waals surface area (Å²) in [7, 11) is -4.11. The van der Waals surface area contributed by atoms with Crippen molar-refractivity contribution < 1.29 is 33.1 Å². The number of oxime groups is 1. The Balaban J connectivity index is 1.09. The van der Waals surface area contributed by atoms with Gasteiger partial charge in [0.2, 0.25) is 15.9 Å². The standard InChI is InChI=1S/C56H64N6O7S/c1-5-42(4)53(54(64)59-51(35-43-19-10-6-11-20-43)52(63)39-61(37-41(2)3)70(67,68)50-31-29-44(30-32-50)36-57-66)62-34-33-60(55(62)65)38-48-27-18-28-49(58-48)40-69-56(45-21-12-7-13-22-45,46-23-14-8-15-24-46)47-25-16-9-17-26-47/h6-32,36,41-42,51-53,63,66H,5,33-35,37-40H2,1-4H3,(H,59,64)/b57-36+/t42?,51-,52+,53?/m0/s1. The molecule has 2 unspecified atom stereocenters. The fourth-order valence-corrected chi connectivity index (χ4v) is 10.8. The first kappa shape index (κ1) is 51.1. The topological polar surface area (TPSA) is 165 Å². The molecular weight excluding hydrogens is 901 g/mol. The molecule has 6 aromatic rings. The molecule has 366 valence electrons. The minimum Gasteiger partial charge on any atom is -0.411 e. The van der Waals surface area contributed by atoms with Gasteiger partial charge in [0.25, 0.3) is 0 Å². The maximum Gasteiger partial charge on any atom is 0.321 e. The third-order valence-electron chi connectivity index (χ3n) is 12.9. The van der Waals surface area contributed by atoms with Crippen LogP contribution in [0, 0.1) is 11.8 Å². The van der Waals surface area contributed by atoms with Gasteiger partial charge in [-0.3, -0.25) is 9.78 Å². The highest BCUT2D eigenvalue weighted by Gasteiger charge is 2.42. The molecule has 13 nitrogen and oxygen atoms in total. The molecule has 0 bridgehead atoms. The zero-order valence-corrected chi connectivity index (χ0v) is 41.1. The molecule has 2 heterocycles. The lowest BCUT2D eigenvalue weighted by molar-refractivity contribution is -0.128. The number of carbonyl (C=O) groups excluding carboxylic acids is 2. The van der Waals surface area contributed by atoms with Gasteiger partial charge in [-0.05, 0) is 70.3 Å². The van der Waals surface area contributed by atoms with Crippen LogP contribution < -0.4 is 5.32 Å². The molecule has 0 spiro atoms. The van der Waals surface area contributed by atoms with Gasteiger partial charge in [-0.15, -0.1) is 0 Å². The summed E-state index contributed by atoms with van der Waals surface area (Å²) in [5, 5.41) is 27.1. The number of aliphatic hydroxyl groups excluding tert-OH is 1. The summed E-state index contributed by atoms with van der Waals surface area (Å²) in [4.78, 5) is 37.4. The Bertz CT molecular complexity index is 2650. The average Bonchev–Trinajstić information content (AvgIpc) is 3.72. The minimum absolute atomic E-state index is 0.0134. The van der Waals surface area contributed by atoms with E-state index in [9.17, 15) is 23.1 Å². The largest absolute Gasteiger partial charge is 0.411 e. The molecule has 0 radical (unpaired) electrons. The lowest BCUT2D eigenvalue weighted by Gasteiger charge is -2.36. The molecule has 1 saturated heterocycles. The number of rotatable bonds is 23. The highest BCUT2D eigenvalue weighted by atomic mass is 32.2. The number of nitrogens with zero attached hydrogens (tertiary/aromatic N) is 5. The summed E-state index contributed by atoms with van der Waals surface area (Å²) in [6, 6.07) is 49.4. The molecule has 1 aromatic heterocycles. The number of hydrogen-bond donors (Lipinski definition) is 3. The number of benzene rings is 5. The molecular formula is C56H64N6O7S. The lowest BCUT2D eigenvalue weighted by Crippen LogP contribution is -2.57. The van der Waals surface area contributed by atoms with E-state index in [1.807, 2.05) is 131 Å². The van der Waals surface area contributed by atoms with Crippen LogP contribution in [0.3, 0.4) is 0 Å². The van der Waals surface area contributed by atoms with Gasteiger partial charge in [0.1, 0.15) is 11.6 Å². The van der Waals surface area contributed by atoms with Gasteiger partial charge in [0.05, 0.1) is 47.8 Å². The summed E-state index contributed by atoms with van der Waals surface area (Å²) in [6.45, 7) is 8.55. The molecule has 1 aliphatic heterocycles. The molecule has 0 aliphatic carbocycles. The zero-order valence-electron chi connectivity index (χ0n) is 40.3. The van der Waals surface area contributed by atoms with Crippen molar-refractivity contribution in [2.45, 2.75) is 82.4 Å². The van der Waals surface area contributed by atoms with E-state index in [2.05, 4.69) is 46.9 Å². The minimum atomic E-state index is -4.11. The average molecular weight is 965 g/mol. The van der Waals surface area contributed by atoms with Gasteiger partial charge >= 0.3 is 6.03 Å². The molecule has 4 atom stereocenters. The van der Waals surface area contributed by atoms with Crippen molar-refractivity contribution in [3.63, 3.8) is 0 Å².